The van der Waals surface area contributed by atoms with Gasteiger partial charge in [-0.15, -0.1) is 0 Å². The van der Waals surface area contributed by atoms with Crippen LogP contribution in [-0.4, -0.2) is 19.1 Å². The molecule has 2 aromatic rings. The van der Waals surface area contributed by atoms with E-state index in [1.165, 1.54) is 22.0 Å². The molecule has 1 aliphatic carbocycles. The minimum absolute atomic E-state index is 0.466. The first-order chi connectivity index (χ1) is 7.85. The Morgan fingerprint density at radius 3 is 3.06 bits per heavy atom. The van der Waals surface area contributed by atoms with E-state index in [-0.39, 0.29) is 0 Å². The summed E-state index contributed by atoms with van der Waals surface area (Å²) >= 11 is 0. The molecule has 1 unspecified atom stereocenters. The Balaban J connectivity index is 2.31. The van der Waals surface area contributed by atoms with Gasteiger partial charge in [-0.25, -0.2) is 0 Å². The number of ether oxygens (including phenoxy) is 1. The van der Waals surface area contributed by atoms with E-state index in [1.54, 1.807) is 7.11 Å². The molecular formula is C13H16N2O. The van der Waals surface area contributed by atoms with Gasteiger partial charge in [0, 0.05) is 28.7 Å². The van der Waals surface area contributed by atoms with Crippen molar-refractivity contribution < 1.29 is 4.74 Å². The number of benzene rings is 1. The molecule has 84 valence electrons. The number of aryl methyl sites for hydroxylation is 1. The van der Waals surface area contributed by atoms with Crippen LogP contribution in [0.15, 0.2) is 18.3 Å². The Bertz CT molecular complexity index is 530. The van der Waals surface area contributed by atoms with Crippen LogP contribution in [0.2, 0.25) is 0 Å². The van der Waals surface area contributed by atoms with Crippen LogP contribution < -0.4 is 10.1 Å². The van der Waals surface area contributed by atoms with Gasteiger partial charge in [0.15, 0.2) is 0 Å². The second-order valence-corrected chi connectivity index (χ2v) is 4.29. The summed E-state index contributed by atoms with van der Waals surface area (Å²) in [5, 5.41) is 4.72. The molecule has 0 bridgehead atoms. The summed E-state index contributed by atoms with van der Waals surface area (Å²) in [6.45, 7) is 0. The number of aromatic nitrogens is 1. The van der Waals surface area contributed by atoms with Crippen molar-refractivity contribution in [2.75, 3.05) is 14.2 Å². The van der Waals surface area contributed by atoms with E-state index in [9.17, 15) is 0 Å². The highest BCUT2D eigenvalue weighted by Crippen LogP contribution is 2.39. The van der Waals surface area contributed by atoms with E-state index in [1.807, 2.05) is 7.05 Å². The normalized spacial score (nSPS) is 19.0. The first-order valence-electron chi connectivity index (χ1n) is 5.69. The topological polar surface area (TPSA) is 37.0 Å². The van der Waals surface area contributed by atoms with Gasteiger partial charge in [-0.05, 0) is 37.6 Å². The molecule has 1 heterocycles. The van der Waals surface area contributed by atoms with Crippen LogP contribution in [0.4, 0.5) is 0 Å². The zero-order chi connectivity index (χ0) is 11.1. The first kappa shape index (κ1) is 9.73. The lowest BCUT2D eigenvalue weighted by molar-refractivity contribution is 0.407. The second kappa shape index (κ2) is 3.52. The van der Waals surface area contributed by atoms with Crippen molar-refractivity contribution in [3.8, 4) is 5.75 Å². The fraction of sp³-hybridized carbons (Fsp3) is 0.385. The van der Waals surface area contributed by atoms with Crippen molar-refractivity contribution in [3.05, 3.63) is 29.5 Å². The van der Waals surface area contributed by atoms with Crippen molar-refractivity contribution in [1.29, 1.82) is 0 Å². The number of rotatable bonds is 2. The third kappa shape index (κ3) is 1.18. The first-order valence-corrected chi connectivity index (χ1v) is 5.69. The number of hydrogen-bond donors (Lipinski definition) is 2. The standard InChI is InChI=1S/C13H16N2O/c1-14-10-4-3-8-12(16-2)6-5-11-13(8)9(10)7-15-11/h5-7,10,14-15H,3-4H2,1-2H3. The fourth-order valence-corrected chi connectivity index (χ4v) is 2.76. The van der Waals surface area contributed by atoms with Gasteiger partial charge in [-0.2, -0.15) is 0 Å². The van der Waals surface area contributed by atoms with Gasteiger partial charge in [-0.3, -0.25) is 0 Å². The molecular weight excluding hydrogens is 200 g/mol. The maximum absolute atomic E-state index is 5.44. The van der Waals surface area contributed by atoms with E-state index in [0.717, 1.165) is 18.6 Å². The molecule has 3 rings (SSSR count). The lowest BCUT2D eigenvalue weighted by Crippen LogP contribution is -2.19. The fourth-order valence-electron chi connectivity index (χ4n) is 2.76. The minimum Gasteiger partial charge on any atom is -0.496 e. The molecule has 1 aromatic carbocycles. The highest BCUT2D eigenvalue weighted by atomic mass is 16.5. The summed E-state index contributed by atoms with van der Waals surface area (Å²) < 4.78 is 5.44. The van der Waals surface area contributed by atoms with Crippen LogP contribution >= 0.6 is 0 Å². The zero-order valence-corrected chi connectivity index (χ0v) is 9.63. The van der Waals surface area contributed by atoms with Crippen molar-refractivity contribution in [2.24, 2.45) is 0 Å². The van der Waals surface area contributed by atoms with Gasteiger partial charge in [0.25, 0.3) is 0 Å². The van der Waals surface area contributed by atoms with Crippen molar-refractivity contribution >= 4 is 10.9 Å². The Hall–Kier alpha value is -1.48. The lowest BCUT2D eigenvalue weighted by Gasteiger charge is -2.23. The highest BCUT2D eigenvalue weighted by molar-refractivity contribution is 5.90. The van der Waals surface area contributed by atoms with Crippen molar-refractivity contribution in [2.45, 2.75) is 18.9 Å². The van der Waals surface area contributed by atoms with Gasteiger partial charge in [0.05, 0.1) is 7.11 Å². The Morgan fingerprint density at radius 1 is 1.44 bits per heavy atom. The molecule has 1 aromatic heterocycles. The average molecular weight is 216 g/mol. The summed E-state index contributed by atoms with van der Waals surface area (Å²) in [4.78, 5) is 3.34. The molecule has 0 saturated heterocycles. The maximum Gasteiger partial charge on any atom is 0.122 e. The smallest absolute Gasteiger partial charge is 0.122 e. The predicted octanol–water partition coefficient (Wildman–Crippen LogP) is 2.38. The minimum atomic E-state index is 0.466. The van der Waals surface area contributed by atoms with Crippen molar-refractivity contribution in [1.82, 2.24) is 10.3 Å². The number of hydrogen-bond acceptors (Lipinski definition) is 2. The van der Waals surface area contributed by atoms with E-state index in [4.69, 9.17) is 4.74 Å². The highest BCUT2D eigenvalue weighted by Gasteiger charge is 2.23. The monoisotopic (exact) mass is 216 g/mol. The average Bonchev–Trinajstić information content (AvgIpc) is 2.76. The Kier molecular flexibility index (Phi) is 2.14. The van der Waals surface area contributed by atoms with E-state index < -0.39 is 0 Å². The van der Waals surface area contributed by atoms with Gasteiger partial charge < -0.3 is 15.0 Å². The molecule has 3 nitrogen and oxygen atoms in total. The maximum atomic E-state index is 5.44. The molecule has 2 N–H and O–H groups in total. The molecule has 0 radical (unpaired) electrons. The largest absolute Gasteiger partial charge is 0.496 e. The lowest BCUT2D eigenvalue weighted by atomic mass is 9.89. The molecule has 0 amide bonds. The summed E-state index contributed by atoms with van der Waals surface area (Å²) in [5.74, 6) is 1.02. The molecule has 1 aliphatic rings. The van der Waals surface area contributed by atoms with Crippen LogP contribution in [0, 0.1) is 0 Å². The second-order valence-electron chi connectivity index (χ2n) is 4.29. The van der Waals surface area contributed by atoms with Crippen LogP contribution in [0.25, 0.3) is 10.9 Å². The number of H-pyrrole nitrogens is 1. The molecule has 0 spiro atoms. The molecule has 0 aliphatic heterocycles. The third-order valence-electron chi connectivity index (χ3n) is 3.57. The van der Waals surface area contributed by atoms with Crippen LogP contribution in [0.1, 0.15) is 23.6 Å². The summed E-state index contributed by atoms with van der Waals surface area (Å²) in [6.07, 6.45) is 4.33. The molecule has 3 heteroatoms. The molecule has 16 heavy (non-hydrogen) atoms. The number of aromatic amines is 1. The summed E-state index contributed by atoms with van der Waals surface area (Å²) in [5.41, 5.74) is 3.94. The number of methoxy groups -OCH3 is 1. The van der Waals surface area contributed by atoms with Crippen LogP contribution in [0.5, 0.6) is 5.75 Å². The van der Waals surface area contributed by atoms with Gasteiger partial charge >= 0.3 is 0 Å². The van der Waals surface area contributed by atoms with Crippen LogP contribution in [-0.2, 0) is 6.42 Å². The van der Waals surface area contributed by atoms with Gasteiger partial charge in [0.1, 0.15) is 5.75 Å². The quantitative estimate of drug-likeness (QED) is 0.808. The van der Waals surface area contributed by atoms with Crippen LogP contribution in [0.3, 0.4) is 0 Å². The summed E-state index contributed by atoms with van der Waals surface area (Å²) in [7, 11) is 3.77. The molecule has 0 saturated carbocycles. The predicted molar refractivity (Wildman–Crippen MR) is 65.0 cm³/mol. The van der Waals surface area contributed by atoms with Gasteiger partial charge in [-0.1, -0.05) is 0 Å². The summed E-state index contributed by atoms with van der Waals surface area (Å²) in [6, 6.07) is 4.62. The molecule has 0 fully saturated rings. The number of nitrogens with one attached hydrogen (secondary N) is 2. The van der Waals surface area contributed by atoms with E-state index in [0.29, 0.717) is 6.04 Å². The van der Waals surface area contributed by atoms with E-state index in [2.05, 4.69) is 28.6 Å². The third-order valence-corrected chi connectivity index (χ3v) is 3.57. The zero-order valence-electron chi connectivity index (χ0n) is 9.63. The van der Waals surface area contributed by atoms with Crippen molar-refractivity contribution in [3.63, 3.8) is 0 Å². The SMILES string of the molecule is CNC1CCc2c(OC)ccc3[nH]cc1c23. The Morgan fingerprint density at radius 2 is 2.31 bits per heavy atom. The molecule has 1 atom stereocenters. The van der Waals surface area contributed by atoms with Gasteiger partial charge in [0.2, 0.25) is 0 Å². The Labute approximate surface area is 94.8 Å². The van der Waals surface area contributed by atoms with E-state index >= 15 is 0 Å².